The Labute approximate surface area is 203 Å². The van der Waals surface area contributed by atoms with E-state index in [2.05, 4.69) is 5.16 Å². The van der Waals surface area contributed by atoms with Crippen molar-refractivity contribution in [2.75, 3.05) is 21.3 Å². The fourth-order valence-electron chi connectivity index (χ4n) is 3.25. The molecule has 0 atom stereocenters. The molecule has 0 fully saturated rings. The van der Waals surface area contributed by atoms with Gasteiger partial charge < -0.3 is 23.8 Å². The molecule has 0 aliphatic heterocycles. The fraction of sp³-hybridized carbons (Fsp3) is 0.185. The van der Waals surface area contributed by atoms with Gasteiger partial charge in [-0.2, -0.15) is 0 Å². The summed E-state index contributed by atoms with van der Waals surface area (Å²) in [5.41, 5.74) is 2.79. The number of benzene rings is 3. The normalized spacial score (nSPS) is 11.3. The standard InChI is InChI=1S/C27H26FNO6/c1-31-18-23(27(30)33-3)22-12-8-7-11-21(22)17-34-26-24(28)13-20(14-25(26)32-2)15-29-35-16-19-9-5-4-6-10-19/h4-15,18H,16-17H2,1-3H3/b23-18-,29-15+. The minimum Gasteiger partial charge on any atom is -0.503 e. The van der Waals surface area contributed by atoms with Crippen molar-refractivity contribution in [1.82, 2.24) is 0 Å². The smallest absolute Gasteiger partial charge is 0.341 e. The van der Waals surface area contributed by atoms with Gasteiger partial charge in [-0.3, -0.25) is 0 Å². The number of halogens is 1. The molecule has 3 aromatic rings. The van der Waals surface area contributed by atoms with Crippen molar-refractivity contribution in [1.29, 1.82) is 0 Å². The van der Waals surface area contributed by atoms with Crippen molar-refractivity contribution < 1.29 is 33.0 Å². The van der Waals surface area contributed by atoms with E-state index in [1.165, 1.54) is 39.9 Å². The van der Waals surface area contributed by atoms with E-state index >= 15 is 0 Å². The van der Waals surface area contributed by atoms with Gasteiger partial charge in [0, 0.05) is 5.56 Å². The van der Waals surface area contributed by atoms with E-state index < -0.39 is 11.8 Å². The van der Waals surface area contributed by atoms with E-state index in [4.69, 9.17) is 23.8 Å². The Morgan fingerprint density at radius 1 is 0.971 bits per heavy atom. The summed E-state index contributed by atoms with van der Waals surface area (Å²) in [7, 11) is 4.13. The second-order valence-corrected chi connectivity index (χ2v) is 7.23. The number of nitrogens with zero attached hydrogens (tertiary/aromatic N) is 1. The SMILES string of the molecule is CO/C=C(\C(=O)OC)c1ccccc1COc1c(F)cc(/C=N/OCc2ccccc2)cc1OC. The molecule has 0 spiro atoms. The molecule has 0 bridgehead atoms. The van der Waals surface area contributed by atoms with Crippen LogP contribution in [-0.2, 0) is 32.3 Å². The van der Waals surface area contributed by atoms with Crippen LogP contribution in [-0.4, -0.2) is 33.5 Å². The van der Waals surface area contributed by atoms with E-state index in [0.717, 1.165) is 5.56 Å². The Kier molecular flexibility index (Phi) is 9.24. The van der Waals surface area contributed by atoms with Gasteiger partial charge in [0.2, 0.25) is 0 Å². The van der Waals surface area contributed by atoms with Crippen LogP contribution in [0.15, 0.2) is 78.1 Å². The van der Waals surface area contributed by atoms with Gasteiger partial charge >= 0.3 is 5.97 Å². The van der Waals surface area contributed by atoms with Crippen LogP contribution >= 0.6 is 0 Å². The van der Waals surface area contributed by atoms with Gasteiger partial charge in [-0.15, -0.1) is 0 Å². The molecule has 0 saturated carbocycles. The van der Waals surface area contributed by atoms with Gasteiger partial charge in [0.15, 0.2) is 17.3 Å². The Hall–Kier alpha value is -4.33. The third-order valence-corrected chi connectivity index (χ3v) is 4.92. The van der Waals surface area contributed by atoms with Crippen LogP contribution < -0.4 is 9.47 Å². The highest BCUT2D eigenvalue weighted by molar-refractivity contribution is 6.16. The number of carbonyl (C=O) groups excluding carboxylic acids is 1. The van der Waals surface area contributed by atoms with Crippen LogP contribution in [0.2, 0.25) is 0 Å². The number of methoxy groups -OCH3 is 3. The maximum atomic E-state index is 14.9. The van der Waals surface area contributed by atoms with Gasteiger partial charge in [-0.25, -0.2) is 9.18 Å². The van der Waals surface area contributed by atoms with Crippen LogP contribution in [0, 0.1) is 5.82 Å². The highest BCUT2D eigenvalue weighted by atomic mass is 19.1. The molecule has 0 unspecified atom stereocenters. The largest absolute Gasteiger partial charge is 0.503 e. The summed E-state index contributed by atoms with van der Waals surface area (Å²) < 4.78 is 35.9. The average molecular weight is 480 g/mol. The Morgan fingerprint density at radius 3 is 2.43 bits per heavy atom. The van der Waals surface area contributed by atoms with Crippen molar-refractivity contribution in [3.05, 3.63) is 101 Å². The van der Waals surface area contributed by atoms with Crippen molar-refractivity contribution in [3.8, 4) is 11.5 Å². The minimum absolute atomic E-state index is 0.0326. The van der Waals surface area contributed by atoms with Crippen LogP contribution in [0.25, 0.3) is 5.57 Å². The Morgan fingerprint density at radius 2 is 1.71 bits per heavy atom. The molecule has 0 aliphatic rings. The molecule has 182 valence electrons. The first kappa shape index (κ1) is 25.3. The number of hydrogen-bond acceptors (Lipinski definition) is 7. The first-order valence-electron chi connectivity index (χ1n) is 10.7. The summed E-state index contributed by atoms with van der Waals surface area (Å²) in [6.45, 7) is 0.262. The molecule has 3 rings (SSSR count). The maximum absolute atomic E-state index is 14.9. The number of oxime groups is 1. The van der Waals surface area contributed by atoms with Gasteiger partial charge in [-0.05, 0) is 28.8 Å². The zero-order chi connectivity index (χ0) is 25.0. The predicted molar refractivity (Wildman–Crippen MR) is 130 cm³/mol. The lowest BCUT2D eigenvalue weighted by Crippen LogP contribution is -2.09. The molecular weight excluding hydrogens is 453 g/mol. The number of hydrogen-bond donors (Lipinski definition) is 0. The van der Waals surface area contributed by atoms with E-state index in [1.807, 2.05) is 30.3 Å². The molecular formula is C27H26FNO6. The fourth-order valence-corrected chi connectivity index (χ4v) is 3.25. The van der Waals surface area contributed by atoms with Gasteiger partial charge in [-0.1, -0.05) is 59.8 Å². The minimum atomic E-state index is -0.632. The number of rotatable bonds is 11. The summed E-state index contributed by atoms with van der Waals surface area (Å²) in [4.78, 5) is 17.5. The second kappa shape index (κ2) is 12.8. The lowest BCUT2D eigenvalue weighted by Gasteiger charge is -2.15. The molecule has 0 N–H and O–H groups in total. The first-order chi connectivity index (χ1) is 17.1. The van der Waals surface area contributed by atoms with Crippen LogP contribution in [0.5, 0.6) is 11.5 Å². The zero-order valence-electron chi connectivity index (χ0n) is 19.7. The van der Waals surface area contributed by atoms with Crippen molar-refractivity contribution in [2.45, 2.75) is 13.2 Å². The van der Waals surface area contributed by atoms with Crippen LogP contribution in [0.4, 0.5) is 4.39 Å². The second-order valence-electron chi connectivity index (χ2n) is 7.23. The Balaban J connectivity index is 1.75. The van der Waals surface area contributed by atoms with Gasteiger partial charge in [0.25, 0.3) is 0 Å². The van der Waals surface area contributed by atoms with Crippen molar-refractivity contribution in [3.63, 3.8) is 0 Å². The zero-order valence-corrected chi connectivity index (χ0v) is 19.7. The summed E-state index contributed by atoms with van der Waals surface area (Å²) in [5, 5.41) is 3.90. The maximum Gasteiger partial charge on any atom is 0.341 e. The van der Waals surface area contributed by atoms with Crippen molar-refractivity contribution in [2.24, 2.45) is 5.16 Å². The lowest BCUT2D eigenvalue weighted by molar-refractivity contribution is -0.133. The monoisotopic (exact) mass is 479 g/mol. The van der Waals surface area contributed by atoms with Crippen LogP contribution in [0.1, 0.15) is 22.3 Å². The molecule has 0 aromatic heterocycles. The predicted octanol–water partition coefficient (Wildman–Crippen LogP) is 5.12. The Bertz CT molecular complexity index is 1190. The molecule has 0 amide bonds. The number of carbonyl (C=O) groups is 1. The summed E-state index contributed by atoms with van der Waals surface area (Å²) in [6, 6.07) is 19.5. The number of esters is 1. The van der Waals surface area contributed by atoms with E-state index in [0.29, 0.717) is 23.3 Å². The molecule has 0 radical (unpaired) electrons. The highest BCUT2D eigenvalue weighted by Gasteiger charge is 2.19. The average Bonchev–Trinajstić information content (AvgIpc) is 2.89. The highest BCUT2D eigenvalue weighted by Crippen LogP contribution is 2.33. The van der Waals surface area contributed by atoms with Crippen molar-refractivity contribution >= 4 is 17.8 Å². The summed E-state index contributed by atoms with van der Waals surface area (Å²) in [6.07, 6.45) is 2.69. The van der Waals surface area contributed by atoms with E-state index in [9.17, 15) is 9.18 Å². The summed E-state index contributed by atoms with van der Waals surface area (Å²) in [5.74, 6) is -1.08. The van der Waals surface area contributed by atoms with Crippen LogP contribution in [0.3, 0.4) is 0 Å². The van der Waals surface area contributed by atoms with Gasteiger partial charge in [0.05, 0.1) is 33.8 Å². The molecule has 35 heavy (non-hydrogen) atoms. The third-order valence-electron chi connectivity index (χ3n) is 4.92. The lowest BCUT2D eigenvalue weighted by atomic mass is 10.0. The van der Waals surface area contributed by atoms with E-state index in [-0.39, 0.29) is 23.7 Å². The molecule has 0 aliphatic carbocycles. The molecule has 3 aromatic carbocycles. The van der Waals surface area contributed by atoms with E-state index in [1.54, 1.807) is 30.3 Å². The third kappa shape index (κ3) is 6.83. The number of ether oxygens (including phenoxy) is 4. The first-order valence-corrected chi connectivity index (χ1v) is 10.7. The molecule has 8 heteroatoms. The van der Waals surface area contributed by atoms with Gasteiger partial charge in [0.1, 0.15) is 18.8 Å². The molecule has 0 heterocycles. The quantitative estimate of drug-likeness (QED) is 0.125. The molecule has 7 nitrogen and oxygen atoms in total. The topological polar surface area (TPSA) is 75.6 Å². The molecule has 0 saturated heterocycles. The summed E-state index contributed by atoms with van der Waals surface area (Å²) >= 11 is 0.